The molecule has 0 radical (unpaired) electrons. The monoisotopic (exact) mass is 404 g/mol. The van der Waals surface area contributed by atoms with Crippen LogP contribution in [0.4, 0.5) is 0 Å². The van der Waals surface area contributed by atoms with E-state index < -0.39 is 5.60 Å². The Bertz CT molecular complexity index is 854. The van der Waals surface area contributed by atoms with Gasteiger partial charge >= 0.3 is 0 Å². The third kappa shape index (κ3) is 3.37. The molecule has 0 heterocycles. The Kier molecular flexibility index (Phi) is 5.37. The molecule has 0 aliphatic heterocycles. The lowest BCUT2D eigenvalue weighted by Crippen LogP contribution is -2.29. The lowest BCUT2D eigenvalue weighted by molar-refractivity contribution is 0.125. The predicted molar refractivity (Wildman–Crippen MR) is 111 cm³/mol. The highest BCUT2D eigenvalue weighted by atomic mass is 35.5. The number of aliphatic hydroxyl groups is 1. The van der Waals surface area contributed by atoms with Crippen molar-refractivity contribution in [2.45, 2.75) is 26.4 Å². The third-order valence-corrected chi connectivity index (χ3v) is 5.99. The predicted octanol–water partition coefficient (Wildman–Crippen LogP) is 6.86. The summed E-state index contributed by atoms with van der Waals surface area (Å²) in [5, 5.41) is 13.7. The topological polar surface area (TPSA) is 20.2 Å². The van der Waals surface area contributed by atoms with Gasteiger partial charge in [-0.2, -0.15) is 0 Å². The van der Waals surface area contributed by atoms with Crippen molar-refractivity contribution < 1.29 is 5.11 Å². The van der Waals surface area contributed by atoms with Crippen molar-refractivity contribution >= 4 is 34.8 Å². The lowest BCUT2D eigenvalue weighted by atomic mass is 9.79. The summed E-state index contributed by atoms with van der Waals surface area (Å²) in [5.41, 5.74) is 3.39. The number of aryl methyl sites for hydroxylation is 3. The zero-order valence-corrected chi connectivity index (χ0v) is 17.0. The number of hydrogen-bond acceptors (Lipinski definition) is 1. The fraction of sp³-hybridized carbons (Fsp3) is 0.182. The number of hydrogen-bond donors (Lipinski definition) is 1. The Balaban J connectivity index is 2.31. The van der Waals surface area contributed by atoms with Crippen LogP contribution < -0.4 is 0 Å². The molecule has 0 fully saturated rings. The van der Waals surface area contributed by atoms with Crippen molar-refractivity contribution in [3.8, 4) is 0 Å². The Hall–Kier alpha value is -1.51. The summed E-state index contributed by atoms with van der Waals surface area (Å²) in [7, 11) is 0. The second-order valence-corrected chi connectivity index (χ2v) is 7.82. The summed E-state index contributed by atoms with van der Waals surface area (Å²) in [6, 6.07) is 16.7. The van der Waals surface area contributed by atoms with Crippen LogP contribution in [-0.4, -0.2) is 5.11 Å². The van der Waals surface area contributed by atoms with Crippen LogP contribution >= 0.6 is 34.8 Å². The Morgan fingerprint density at radius 2 is 0.846 bits per heavy atom. The molecule has 4 heteroatoms. The molecule has 0 saturated carbocycles. The van der Waals surface area contributed by atoms with E-state index in [2.05, 4.69) is 0 Å². The van der Waals surface area contributed by atoms with E-state index in [0.29, 0.717) is 31.8 Å². The highest BCUT2D eigenvalue weighted by Crippen LogP contribution is 2.40. The van der Waals surface area contributed by atoms with Gasteiger partial charge in [0.25, 0.3) is 0 Å². The SMILES string of the molecule is Cc1ccc(C(O)(c2ccc(C)c(Cl)c2)c2ccc(C)c(Cl)c2)cc1Cl. The van der Waals surface area contributed by atoms with E-state index >= 15 is 0 Å². The van der Waals surface area contributed by atoms with E-state index in [0.717, 1.165) is 16.7 Å². The summed E-state index contributed by atoms with van der Waals surface area (Å²) in [4.78, 5) is 0. The Labute approximate surface area is 169 Å². The Morgan fingerprint density at radius 1 is 0.577 bits per heavy atom. The highest BCUT2D eigenvalue weighted by Gasteiger charge is 2.35. The smallest absolute Gasteiger partial charge is 0.140 e. The molecule has 3 rings (SSSR count). The van der Waals surface area contributed by atoms with E-state index in [4.69, 9.17) is 34.8 Å². The molecule has 0 amide bonds. The summed E-state index contributed by atoms with van der Waals surface area (Å²) in [6.07, 6.45) is 0. The van der Waals surface area contributed by atoms with Crippen LogP contribution in [0.2, 0.25) is 15.1 Å². The molecule has 0 aliphatic rings. The molecule has 0 bridgehead atoms. The molecule has 134 valence electrons. The van der Waals surface area contributed by atoms with E-state index in [1.165, 1.54) is 0 Å². The lowest BCUT2D eigenvalue weighted by Gasteiger charge is -2.31. The van der Waals surface area contributed by atoms with Gasteiger partial charge in [-0.3, -0.25) is 0 Å². The minimum Gasteiger partial charge on any atom is -0.376 e. The van der Waals surface area contributed by atoms with E-state index in [1.807, 2.05) is 57.2 Å². The molecule has 0 saturated heterocycles. The van der Waals surface area contributed by atoms with E-state index in [-0.39, 0.29) is 0 Å². The van der Waals surface area contributed by atoms with Gasteiger partial charge < -0.3 is 5.11 Å². The zero-order valence-electron chi connectivity index (χ0n) is 14.8. The van der Waals surface area contributed by atoms with Gasteiger partial charge in [0.15, 0.2) is 0 Å². The second kappa shape index (κ2) is 7.25. The van der Waals surface area contributed by atoms with Crippen LogP contribution in [-0.2, 0) is 5.60 Å². The maximum atomic E-state index is 11.9. The first-order valence-corrected chi connectivity index (χ1v) is 9.39. The molecule has 1 N–H and O–H groups in total. The number of benzene rings is 3. The highest BCUT2D eigenvalue weighted by molar-refractivity contribution is 6.32. The van der Waals surface area contributed by atoms with Crippen molar-refractivity contribution in [2.24, 2.45) is 0 Å². The van der Waals surface area contributed by atoms with Crippen molar-refractivity contribution in [1.82, 2.24) is 0 Å². The van der Waals surface area contributed by atoms with Crippen LogP contribution in [0, 0.1) is 20.8 Å². The molecular weight excluding hydrogens is 387 g/mol. The molecule has 0 atom stereocenters. The largest absolute Gasteiger partial charge is 0.376 e. The fourth-order valence-corrected chi connectivity index (χ4v) is 3.50. The second-order valence-electron chi connectivity index (χ2n) is 6.60. The minimum absolute atomic E-state index is 0.595. The van der Waals surface area contributed by atoms with Crippen LogP contribution in [0.25, 0.3) is 0 Å². The van der Waals surface area contributed by atoms with Crippen molar-refractivity contribution in [3.63, 3.8) is 0 Å². The maximum absolute atomic E-state index is 11.9. The first-order chi connectivity index (χ1) is 12.2. The quantitative estimate of drug-likeness (QED) is 0.472. The average molecular weight is 406 g/mol. The number of rotatable bonds is 3. The van der Waals surface area contributed by atoms with Gasteiger partial charge in [0.05, 0.1) is 0 Å². The summed E-state index contributed by atoms with van der Waals surface area (Å²) >= 11 is 19.0. The molecule has 3 aromatic rings. The number of halogens is 3. The van der Waals surface area contributed by atoms with Crippen molar-refractivity contribution in [1.29, 1.82) is 0 Å². The summed E-state index contributed by atoms with van der Waals surface area (Å²) < 4.78 is 0. The van der Waals surface area contributed by atoms with Gasteiger partial charge in [0.1, 0.15) is 5.60 Å². The van der Waals surface area contributed by atoms with Gasteiger partial charge in [-0.25, -0.2) is 0 Å². The van der Waals surface area contributed by atoms with Gasteiger partial charge in [-0.05, 0) is 72.4 Å². The van der Waals surface area contributed by atoms with Gasteiger partial charge in [0, 0.05) is 15.1 Å². The van der Waals surface area contributed by atoms with Crippen LogP contribution in [0.5, 0.6) is 0 Å². The molecule has 26 heavy (non-hydrogen) atoms. The average Bonchev–Trinajstić information content (AvgIpc) is 2.61. The molecule has 0 unspecified atom stereocenters. The first-order valence-electron chi connectivity index (χ1n) is 8.25. The molecule has 0 aliphatic carbocycles. The van der Waals surface area contributed by atoms with Crippen molar-refractivity contribution in [3.05, 3.63) is 103 Å². The first kappa shape index (κ1) is 19.3. The fourth-order valence-electron chi connectivity index (χ4n) is 2.95. The molecule has 0 aromatic heterocycles. The van der Waals surface area contributed by atoms with Crippen molar-refractivity contribution in [2.75, 3.05) is 0 Å². The van der Waals surface area contributed by atoms with Gasteiger partial charge in [-0.15, -0.1) is 0 Å². The summed E-state index contributed by atoms with van der Waals surface area (Å²) in [6.45, 7) is 5.78. The molecule has 0 spiro atoms. The maximum Gasteiger partial charge on any atom is 0.140 e. The molecule has 3 aromatic carbocycles. The van der Waals surface area contributed by atoms with Gasteiger partial charge in [0.2, 0.25) is 0 Å². The standard InChI is InChI=1S/C22H19Cl3O/c1-13-4-7-16(10-19(13)23)22(26,17-8-5-14(2)20(24)11-17)18-9-6-15(3)21(25)12-18/h4-12,26H,1-3H3. The minimum atomic E-state index is -1.42. The van der Waals surface area contributed by atoms with Gasteiger partial charge in [-0.1, -0.05) is 71.2 Å². The summed E-state index contributed by atoms with van der Waals surface area (Å²) in [5.74, 6) is 0. The van der Waals surface area contributed by atoms with Crippen LogP contribution in [0.1, 0.15) is 33.4 Å². The van der Waals surface area contributed by atoms with E-state index in [1.54, 1.807) is 18.2 Å². The van der Waals surface area contributed by atoms with Crippen LogP contribution in [0.15, 0.2) is 54.6 Å². The molecular formula is C22H19Cl3O. The normalized spacial score (nSPS) is 11.7. The Morgan fingerprint density at radius 3 is 1.08 bits per heavy atom. The van der Waals surface area contributed by atoms with Crippen LogP contribution in [0.3, 0.4) is 0 Å². The zero-order chi connectivity index (χ0) is 19.1. The van der Waals surface area contributed by atoms with E-state index in [9.17, 15) is 5.11 Å². The third-order valence-electron chi connectivity index (χ3n) is 4.77. The molecule has 1 nitrogen and oxygen atoms in total.